The molecular weight excluding hydrogens is 440 g/mol. The van der Waals surface area contributed by atoms with Gasteiger partial charge in [-0.1, -0.05) is 65.7 Å². The van der Waals surface area contributed by atoms with E-state index in [9.17, 15) is 4.79 Å². The number of nitrogens with zero attached hydrogens (tertiary/aromatic N) is 2. The van der Waals surface area contributed by atoms with Gasteiger partial charge in [-0.3, -0.25) is 9.69 Å². The number of benzene rings is 3. The Hall–Kier alpha value is -3.41. The number of methoxy groups -OCH3 is 1. The third kappa shape index (κ3) is 3.49. The number of hydrogen-bond acceptors (Lipinski definition) is 4. The first-order chi connectivity index (χ1) is 15.6. The molecule has 0 aliphatic carbocycles. The maximum atomic E-state index is 13.6. The Morgan fingerprint density at radius 2 is 1.72 bits per heavy atom. The van der Waals surface area contributed by atoms with Gasteiger partial charge >= 0.3 is 0 Å². The summed E-state index contributed by atoms with van der Waals surface area (Å²) < 4.78 is 6.50. The lowest BCUT2D eigenvalue weighted by Crippen LogP contribution is -2.32. The largest absolute Gasteiger partial charge is 0.496 e. The van der Waals surface area contributed by atoms with Crippen LogP contribution in [0.2, 0.25) is 5.02 Å². The van der Waals surface area contributed by atoms with Crippen LogP contribution in [0.3, 0.4) is 0 Å². The van der Waals surface area contributed by atoms with Crippen LogP contribution in [-0.2, 0) is 4.79 Å². The standard InChI is InChI=1S/C26H19ClN2O2S/c1-16-11-13-18(14-12-16)29-25(24-23(27)19-8-4-6-10-22(19)32-24)28-20(26(29)30)15-17-7-3-5-9-21(17)31-2/h3-15H,1-2H3/b20-15+. The van der Waals surface area contributed by atoms with Crippen molar-refractivity contribution in [2.45, 2.75) is 6.92 Å². The number of aryl methyl sites for hydroxylation is 1. The molecule has 0 bridgehead atoms. The van der Waals surface area contributed by atoms with Crippen molar-refractivity contribution in [1.82, 2.24) is 0 Å². The molecule has 0 fully saturated rings. The zero-order chi connectivity index (χ0) is 22.2. The van der Waals surface area contributed by atoms with Crippen LogP contribution in [-0.4, -0.2) is 18.9 Å². The molecule has 1 aromatic heterocycles. The molecule has 0 saturated heterocycles. The van der Waals surface area contributed by atoms with E-state index in [0.717, 1.165) is 31.8 Å². The Kier molecular flexibility index (Phi) is 5.29. The smallest absolute Gasteiger partial charge is 0.282 e. The van der Waals surface area contributed by atoms with Gasteiger partial charge in [0.25, 0.3) is 5.91 Å². The Morgan fingerprint density at radius 3 is 2.47 bits per heavy atom. The van der Waals surface area contributed by atoms with Gasteiger partial charge in [-0.25, -0.2) is 4.99 Å². The predicted molar refractivity (Wildman–Crippen MR) is 133 cm³/mol. The van der Waals surface area contributed by atoms with Crippen LogP contribution in [0.1, 0.15) is 16.0 Å². The van der Waals surface area contributed by atoms with Crippen LogP contribution in [0.5, 0.6) is 5.75 Å². The van der Waals surface area contributed by atoms with E-state index in [1.54, 1.807) is 18.1 Å². The molecule has 1 amide bonds. The number of para-hydroxylation sites is 1. The lowest BCUT2D eigenvalue weighted by molar-refractivity contribution is -0.113. The number of carbonyl (C=O) groups is 1. The van der Waals surface area contributed by atoms with Gasteiger partial charge in [-0.2, -0.15) is 0 Å². The fourth-order valence-electron chi connectivity index (χ4n) is 3.69. The number of hydrogen-bond donors (Lipinski definition) is 0. The molecule has 0 N–H and O–H groups in total. The molecule has 6 heteroatoms. The van der Waals surface area contributed by atoms with Crippen molar-refractivity contribution >= 4 is 56.5 Å². The summed E-state index contributed by atoms with van der Waals surface area (Å²) in [5.41, 5.74) is 2.98. The van der Waals surface area contributed by atoms with Crippen LogP contribution in [0.4, 0.5) is 5.69 Å². The van der Waals surface area contributed by atoms with Crippen molar-refractivity contribution in [3.63, 3.8) is 0 Å². The van der Waals surface area contributed by atoms with E-state index in [1.807, 2.05) is 79.7 Å². The summed E-state index contributed by atoms with van der Waals surface area (Å²) >= 11 is 8.30. The highest BCUT2D eigenvalue weighted by Crippen LogP contribution is 2.39. The number of amides is 1. The molecule has 4 aromatic rings. The van der Waals surface area contributed by atoms with Gasteiger partial charge < -0.3 is 4.74 Å². The average Bonchev–Trinajstić information content (AvgIpc) is 3.32. The predicted octanol–water partition coefficient (Wildman–Crippen LogP) is 6.71. The summed E-state index contributed by atoms with van der Waals surface area (Å²) in [4.78, 5) is 20.7. The van der Waals surface area contributed by atoms with Crippen molar-refractivity contribution in [2.24, 2.45) is 4.99 Å². The number of anilines is 1. The quantitative estimate of drug-likeness (QED) is 0.319. The second kappa shape index (κ2) is 8.26. The Morgan fingerprint density at radius 1 is 1.00 bits per heavy atom. The van der Waals surface area contributed by atoms with Gasteiger partial charge in [0.1, 0.15) is 11.4 Å². The fraction of sp³-hybridized carbons (Fsp3) is 0.0769. The number of amidine groups is 1. The number of halogens is 1. The molecule has 32 heavy (non-hydrogen) atoms. The van der Waals surface area contributed by atoms with Crippen molar-refractivity contribution in [2.75, 3.05) is 12.0 Å². The summed E-state index contributed by atoms with van der Waals surface area (Å²) in [7, 11) is 1.61. The first-order valence-electron chi connectivity index (χ1n) is 10.1. The molecule has 1 aliphatic heterocycles. The molecule has 0 unspecified atom stereocenters. The minimum absolute atomic E-state index is 0.205. The molecule has 0 atom stereocenters. The first kappa shape index (κ1) is 20.5. The third-order valence-corrected chi connectivity index (χ3v) is 6.99. The zero-order valence-electron chi connectivity index (χ0n) is 17.5. The van der Waals surface area contributed by atoms with Gasteiger partial charge in [0.2, 0.25) is 0 Å². The Bertz CT molecular complexity index is 1400. The summed E-state index contributed by atoms with van der Waals surface area (Å²) in [6, 6.07) is 23.3. The van der Waals surface area contributed by atoms with Crippen LogP contribution < -0.4 is 9.64 Å². The monoisotopic (exact) mass is 458 g/mol. The minimum Gasteiger partial charge on any atom is -0.496 e. The van der Waals surface area contributed by atoms with Crippen LogP contribution >= 0.6 is 22.9 Å². The van der Waals surface area contributed by atoms with E-state index in [-0.39, 0.29) is 5.91 Å². The van der Waals surface area contributed by atoms with Crippen LogP contribution in [0, 0.1) is 6.92 Å². The maximum Gasteiger partial charge on any atom is 0.282 e. The third-order valence-electron chi connectivity index (χ3n) is 5.32. The molecule has 2 heterocycles. The second-order valence-corrected chi connectivity index (χ2v) is 8.85. The van der Waals surface area contributed by atoms with E-state index in [4.69, 9.17) is 21.3 Å². The zero-order valence-corrected chi connectivity index (χ0v) is 19.1. The summed E-state index contributed by atoms with van der Waals surface area (Å²) in [6.07, 6.45) is 1.76. The maximum absolute atomic E-state index is 13.6. The summed E-state index contributed by atoms with van der Waals surface area (Å²) in [5.74, 6) is 1.01. The second-order valence-electron chi connectivity index (χ2n) is 7.42. The van der Waals surface area contributed by atoms with Crippen LogP contribution in [0.25, 0.3) is 16.2 Å². The van der Waals surface area contributed by atoms with E-state index in [1.165, 1.54) is 11.3 Å². The highest BCUT2D eigenvalue weighted by molar-refractivity contribution is 7.21. The Labute approximate surface area is 195 Å². The molecule has 1 aliphatic rings. The number of carbonyl (C=O) groups excluding carboxylic acids is 1. The highest BCUT2D eigenvalue weighted by atomic mass is 35.5. The Balaban J connectivity index is 1.70. The molecule has 0 spiro atoms. The first-order valence-corrected chi connectivity index (χ1v) is 11.3. The number of fused-ring (bicyclic) bond motifs is 1. The lowest BCUT2D eigenvalue weighted by atomic mass is 10.1. The van der Waals surface area contributed by atoms with Gasteiger partial charge in [-0.15, -0.1) is 11.3 Å². The van der Waals surface area contributed by atoms with E-state index >= 15 is 0 Å². The van der Waals surface area contributed by atoms with Crippen molar-refractivity contribution in [3.8, 4) is 5.75 Å². The topological polar surface area (TPSA) is 41.9 Å². The normalized spacial score (nSPS) is 15.0. The van der Waals surface area contributed by atoms with Gasteiger partial charge in [0, 0.05) is 15.6 Å². The SMILES string of the molecule is COc1ccccc1/C=C1/N=C(c2sc3ccccc3c2Cl)N(c2ccc(C)cc2)C1=O. The molecule has 5 rings (SSSR count). The molecular formula is C26H19ClN2O2S. The van der Waals surface area contributed by atoms with Crippen molar-refractivity contribution in [1.29, 1.82) is 0 Å². The van der Waals surface area contributed by atoms with Gasteiger partial charge in [0.15, 0.2) is 5.84 Å². The van der Waals surface area contributed by atoms with Gasteiger partial charge in [-0.05, 0) is 37.3 Å². The molecule has 4 nitrogen and oxygen atoms in total. The summed E-state index contributed by atoms with van der Waals surface area (Å²) in [5, 5.41) is 1.56. The lowest BCUT2D eigenvalue weighted by Gasteiger charge is -2.18. The molecule has 3 aromatic carbocycles. The van der Waals surface area contributed by atoms with Gasteiger partial charge in [0.05, 0.1) is 22.7 Å². The van der Waals surface area contributed by atoms with E-state index in [0.29, 0.717) is 22.3 Å². The number of aliphatic imine (C=N–C) groups is 1. The minimum atomic E-state index is -0.205. The summed E-state index contributed by atoms with van der Waals surface area (Å²) in [6.45, 7) is 2.01. The molecule has 0 saturated carbocycles. The number of thiophene rings is 1. The van der Waals surface area contributed by atoms with Crippen LogP contribution in [0.15, 0.2) is 83.5 Å². The average molecular weight is 459 g/mol. The number of rotatable bonds is 4. The van der Waals surface area contributed by atoms with Crippen molar-refractivity contribution in [3.05, 3.63) is 99.5 Å². The van der Waals surface area contributed by atoms with E-state index in [2.05, 4.69) is 0 Å². The molecule has 0 radical (unpaired) electrons. The fourth-order valence-corrected chi connectivity index (χ4v) is 5.19. The van der Waals surface area contributed by atoms with E-state index < -0.39 is 0 Å². The number of ether oxygens (including phenoxy) is 1. The highest BCUT2D eigenvalue weighted by Gasteiger charge is 2.35. The van der Waals surface area contributed by atoms with Crippen molar-refractivity contribution < 1.29 is 9.53 Å². The molecule has 158 valence electrons.